The van der Waals surface area contributed by atoms with Crippen molar-refractivity contribution in [3.8, 4) is 0 Å². The Balaban J connectivity index is 2.49. The number of allylic oxidation sites excluding steroid dienone is 2. The van der Waals surface area contributed by atoms with Crippen molar-refractivity contribution in [1.82, 2.24) is 0 Å². The second-order valence-electron chi connectivity index (χ2n) is 2.67. The molecule has 0 saturated heterocycles. The van der Waals surface area contributed by atoms with Crippen LogP contribution in [0.1, 0.15) is 13.3 Å². The molecule has 0 bridgehead atoms. The Hall–Kier alpha value is -0.920. The summed E-state index contributed by atoms with van der Waals surface area (Å²) in [4.78, 5) is 0. The van der Waals surface area contributed by atoms with Gasteiger partial charge in [0.05, 0.1) is 6.54 Å². The molecular weight excluding hydrogens is 124 g/mol. The molecule has 2 heteroatoms. The highest BCUT2D eigenvalue weighted by Gasteiger charge is 2.01. The van der Waals surface area contributed by atoms with Gasteiger partial charge in [0.25, 0.3) is 0 Å². The topological polar surface area (TPSA) is 36.2 Å². The van der Waals surface area contributed by atoms with E-state index in [1.54, 1.807) is 0 Å². The summed E-state index contributed by atoms with van der Waals surface area (Å²) in [5.41, 5.74) is 7.81. The summed E-state index contributed by atoms with van der Waals surface area (Å²) in [5.74, 6) is 0.662. The van der Waals surface area contributed by atoms with Gasteiger partial charge in [-0.1, -0.05) is 25.2 Å². The van der Waals surface area contributed by atoms with Crippen LogP contribution in [0.3, 0.4) is 0 Å². The summed E-state index contributed by atoms with van der Waals surface area (Å²) >= 11 is 0. The fourth-order valence-corrected chi connectivity index (χ4v) is 0.980. The van der Waals surface area contributed by atoms with Crippen molar-refractivity contribution in [2.75, 3.05) is 6.54 Å². The minimum Gasteiger partial charge on any atom is -0.210 e. The molecule has 1 rings (SSSR count). The first-order valence-corrected chi connectivity index (χ1v) is 3.53. The highest BCUT2D eigenvalue weighted by molar-refractivity contribution is 5.24. The third-order valence-electron chi connectivity index (χ3n) is 1.65. The molecule has 1 N–H and O–H groups in total. The standard InChI is InChI=1S/C8H12N2/c1-7-2-4-8(5-3-7)6-10-9/h2,4-5,7,9H,3,6H2,1H3. The van der Waals surface area contributed by atoms with Crippen LogP contribution in [0.25, 0.3) is 0 Å². The largest absolute Gasteiger partial charge is 0.210 e. The maximum absolute atomic E-state index is 6.64. The van der Waals surface area contributed by atoms with E-state index in [9.17, 15) is 0 Å². The predicted molar refractivity (Wildman–Crippen MR) is 41.0 cm³/mol. The van der Waals surface area contributed by atoms with Crippen molar-refractivity contribution in [2.24, 2.45) is 11.0 Å². The number of nitrogens with one attached hydrogen (secondary N) is 1. The predicted octanol–water partition coefficient (Wildman–Crippen LogP) is 2.54. The highest BCUT2D eigenvalue weighted by Crippen LogP contribution is 2.15. The second kappa shape index (κ2) is 3.30. The van der Waals surface area contributed by atoms with Gasteiger partial charge >= 0.3 is 0 Å². The molecule has 0 radical (unpaired) electrons. The fraction of sp³-hybridized carbons (Fsp3) is 0.500. The van der Waals surface area contributed by atoms with Crippen molar-refractivity contribution in [3.05, 3.63) is 23.8 Å². The average Bonchev–Trinajstić information content (AvgIpc) is 1.95. The Morgan fingerprint density at radius 2 is 2.60 bits per heavy atom. The number of hydrogen-bond acceptors (Lipinski definition) is 2. The summed E-state index contributed by atoms with van der Waals surface area (Å²) < 4.78 is 0. The monoisotopic (exact) mass is 136 g/mol. The molecule has 1 aliphatic carbocycles. The van der Waals surface area contributed by atoms with Gasteiger partial charge < -0.3 is 0 Å². The van der Waals surface area contributed by atoms with Crippen molar-refractivity contribution in [3.63, 3.8) is 0 Å². The number of nitrogens with zero attached hydrogens (tertiary/aromatic N) is 1. The van der Waals surface area contributed by atoms with Gasteiger partial charge in [-0.3, -0.25) is 0 Å². The van der Waals surface area contributed by atoms with E-state index in [4.69, 9.17) is 5.53 Å². The lowest BCUT2D eigenvalue weighted by atomic mass is 9.99. The molecular formula is C8H12N2. The molecule has 54 valence electrons. The Morgan fingerprint density at radius 1 is 1.80 bits per heavy atom. The maximum Gasteiger partial charge on any atom is 0.0843 e. The number of rotatable bonds is 2. The van der Waals surface area contributed by atoms with Crippen LogP contribution in [-0.2, 0) is 0 Å². The van der Waals surface area contributed by atoms with E-state index in [1.807, 2.05) is 0 Å². The Kier molecular flexibility index (Phi) is 2.37. The maximum atomic E-state index is 6.64. The highest BCUT2D eigenvalue weighted by atomic mass is 14.9. The van der Waals surface area contributed by atoms with Crippen LogP contribution in [0.15, 0.2) is 28.9 Å². The van der Waals surface area contributed by atoms with E-state index in [1.165, 1.54) is 5.57 Å². The van der Waals surface area contributed by atoms with E-state index < -0.39 is 0 Å². The van der Waals surface area contributed by atoms with Gasteiger partial charge in [0.15, 0.2) is 0 Å². The van der Waals surface area contributed by atoms with E-state index in [-0.39, 0.29) is 0 Å². The zero-order valence-electron chi connectivity index (χ0n) is 6.17. The Bertz CT molecular complexity index is 180. The molecule has 1 atom stereocenters. The smallest absolute Gasteiger partial charge is 0.0843 e. The van der Waals surface area contributed by atoms with Crippen molar-refractivity contribution >= 4 is 0 Å². The first-order chi connectivity index (χ1) is 4.83. The van der Waals surface area contributed by atoms with Gasteiger partial charge in [-0.25, -0.2) is 5.53 Å². The van der Waals surface area contributed by atoms with Gasteiger partial charge in [-0.2, -0.15) is 5.11 Å². The van der Waals surface area contributed by atoms with Crippen molar-refractivity contribution in [1.29, 1.82) is 5.53 Å². The third kappa shape index (κ3) is 1.79. The van der Waals surface area contributed by atoms with Crippen LogP contribution in [-0.4, -0.2) is 6.54 Å². The van der Waals surface area contributed by atoms with Gasteiger partial charge in [0.1, 0.15) is 0 Å². The van der Waals surface area contributed by atoms with Gasteiger partial charge in [-0.15, -0.1) is 0 Å². The molecule has 0 aromatic carbocycles. The Labute approximate surface area is 61.1 Å². The molecule has 0 heterocycles. The van der Waals surface area contributed by atoms with Crippen LogP contribution in [0.4, 0.5) is 0 Å². The summed E-state index contributed by atoms with van der Waals surface area (Å²) in [7, 11) is 0. The summed E-state index contributed by atoms with van der Waals surface area (Å²) in [6, 6.07) is 0. The quantitative estimate of drug-likeness (QED) is 0.566. The minimum atomic E-state index is 0.545. The SMILES string of the molecule is CC1C=CC(CN=N)=CC1. The molecule has 1 aliphatic rings. The Morgan fingerprint density at radius 3 is 3.10 bits per heavy atom. The lowest BCUT2D eigenvalue weighted by Gasteiger charge is -2.08. The molecule has 1 unspecified atom stereocenters. The number of hydrogen-bond donors (Lipinski definition) is 1. The van der Waals surface area contributed by atoms with Crippen LogP contribution >= 0.6 is 0 Å². The van der Waals surface area contributed by atoms with Crippen LogP contribution in [0.5, 0.6) is 0 Å². The normalized spacial score (nSPS) is 24.1. The van der Waals surface area contributed by atoms with E-state index in [2.05, 4.69) is 30.3 Å². The molecule has 0 fully saturated rings. The van der Waals surface area contributed by atoms with Gasteiger partial charge in [0, 0.05) is 0 Å². The summed E-state index contributed by atoms with van der Waals surface area (Å²) in [6.07, 6.45) is 7.48. The molecule has 0 aromatic heterocycles. The van der Waals surface area contributed by atoms with Crippen LogP contribution in [0.2, 0.25) is 0 Å². The molecule has 0 aromatic rings. The first-order valence-electron chi connectivity index (χ1n) is 3.53. The minimum absolute atomic E-state index is 0.545. The summed E-state index contributed by atoms with van der Waals surface area (Å²) in [5, 5.41) is 3.31. The van der Waals surface area contributed by atoms with Crippen molar-refractivity contribution in [2.45, 2.75) is 13.3 Å². The zero-order valence-corrected chi connectivity index (χ0v) is 6.17. The van der Waals surface area contributed by atoms with E-state index in [0.717, 1.165) is 6.42 Å². The molecule has 2 nitrogen and oxygen atoms in total. The lowest BCUT2D eigenvalue weighted by molar-refractivity contribution is 0.727. The lowest BCUT2D eigenvalue weighted by Crippen LogP contribution is -1.95. The van der Waals surface area contributed by atoms with Gasteiger partial charge in [0.2, 0.25) is 0 Å². The van der Waals surface area contributed by atoms with E-state index in [0.29, 0.717) is 12.5 Å². The summed E-state index contributed by atoms with van der Waals surface area (Å²) in [6.45, 7) is 2.73. The molecule has 10 heavy (non-hydrogen) atoms. The average molecular weight is 136 g/mol. The second-order valence-corrected chi connectivity index (χ2v) is 2.67. The van der Waals surface area contributed by atoms with Gasteiger partial charge in [-0.05, 0) is 17.9 Å². The zero-order chi connectivity index (χ0) is 7.40. The van der Waals surface area contributed by atoms with Crippen LogP contribution in [0, 0.1) is 11.4 Å². The molecule has 0 amide bonds. The fourth-order valence-electron chi connectivity index (χ4n) is 0.980. The first kappa shape index (κ1) is 7.19. The van der Waals surface area contributed by atoms with Crippen LogP contribution < -0.4 is 0 Å². The molecule has 0 saturated carbocycles. The van der Waals surface area contributed by atoms with Crippen molar-refractivity contribution < 1.29 is 0 Å². The van der Waals surface area contributed by atoms with E-state index >= 15 is 0 Å². The molecule has 0 spiro atoms. The third-order valence-corrected chi connectivity index (χ3v) is 1.65. The molecule has 0 aliphatic heterocycles.